The van der Waals surface area contributed by atoms with Crippen molar-refractivity contribution in [3.8, 4) is 0 Å². The van der Waals surface area contributed by atoms with Crippen LogP contribution in [0.1, 0.15) is 17.3 Å². The average Bonchev–Trinajstić information content (AvgIpc) is 2.17. The molecule has 1 atom stereocenters. The lowest BCUT2D eigenvalue weighted by Gasteiger charge is -2.05. The molecule has 0 spiro atoms. The van der Waals surface area contributed by atoms with Crippen LogP contribution in [-0.4, -0.2) is 19.4 Å². The topological polar surface area (TPSA) is 51.2 Å². The molecule has 0 aliphatic carbocycles. The molecule has 5 heteroatoms. The fourth-order valence-electron chi connectivity index (χ4n) is 0.952. The van der Waals surface area contributed by atoms with Gasteiger partial charge in [-0.3, -0.25) is 4.79 Å². The highest BCUT2D eigenvalue weighted by Gasteiger charge is 2.20. The van der Waals surface area contributed by atoms with Gasteiger partial charge >= 0.3 is 0 Å². The number of sulfone groups is 1. The zero-order valence-corrected chi connectivity index (χ0v) is 9.05. The largest absolute Gasteiger partial charge is 0.298 e. The van der Waals surface area contributed by atoms with Crippen LogP contribution in [0.3, 0.4) is 0 Å². The van der Waals surface area contributed by atoms with E-state index in [4.69, 9.17) is 11.6 Å². The molecule has 1 aromatic rings. The molecule has 0 aliphatic rings. The summed E-state index contributed by atoms with van der Waals surface area (Å²) in [5.74, 6) is 0. The molecule has 14 heavy (non-hydrogen) atoms. The summed E-state index contributed by atoms with van der Waals surface area (Å²) >= 11 is 5.52. The third kappa shape index (κ3) is 2.13. The minimum Gasteiger partial charge on any atom is -0.298 e. The second kappa shape index (κ2) is 4.11. The molecule has 0 heterocycles. The van der Waals surface area contributed by atoms with Crippen molar-refractivity contribution in [1.29, 1.82) is 0 Å². The number of benzene rings is 1. The van der Waals surface area contributed by atoms with E-state index in [1.807, 2.05) is 0 Å². The Morgan fingerprint density at radius 1 is 1.43 bits per heavy atom. The van der Waals surface area contributed by atoms with E-state index in [9.17, 15) is 13.2 Å². The van der Waals surface area contributed by atoms with Gasteiger partial charge in [0.1, 0.15) is 11.0 Å². The summed E-state index contributed by atoms with van der Waals surface area (Å²) in [6.45, 7) is 1.38. The van der Waals surface area contributed by atoms with Crippen LogP contribution in [0, 0.1) is 0 Å². The van der Waals surface area contributed by atoms with Gasteiger partial charge in [0.05, 0.1) is 4.90 Å². The van der Waals surface area contributed by atoms with Crippen LogP contribution in [0.2, 0.25) is 0 Å². The van der Waals surface area contributed by atoms with Crippen molar-refractivity contribution in [2.45, 2.75) is 16.5 Å². The van der Waals surface area contributed by atoms with Gasteiger partial charge in [0.2, 0.25) is 0 Å². The molecule has 0 radical (unpaired) electrons. The van der Waals surface area contributed by atoms with Crippen LogP contribution >= 0.6 is 11.6 Å². The summed E-state index contributed by atoms with van der Waals surface area (Å²) < 4.78 is 22.1. The number of hydrogen-bond acceptors (Lipinski definition) is 3. The summed E-state index contributed by atoms with van der Waals surface area (Å²) in [5, 5.41) is 0. The van der Waals surface area contributed by atoms with Crippen molar-refractivity contribution in [3.05, 3.63) is 29.8 Å². The van der Waals surface area contributed by atoms with Crippen LogP contribution in [0.15, 0.2) is 29.2 Å². The summed E-state index contributed by atoms with van der Waals surface area (Å²) in [7, 11) is -3.50. The lowest BCUT2D eigenvalue weighted by atomic mass is 10.2. The van der Waals surface area contributed by atoms with Crippen molar-refractivity contribution in [3.63, 3.8) is 0 Å². The van der Waals surface area contributed by atoms with Gasteiger partial charge in [0, 0.05) is 5.56 Å². The maximum Gasteiger partial charge on any atom is 0.194 e. The summed E-state index contributed by atoms with van der Waals surface area (Å²) in [4.78, 5) is 10.5. The van der Waals surface area contributed by atoms with Crippen molar-refractivity contribution in [2.75, 3.05) is 0 Å². The molecule has 0 fully saturated rings. The Hall–Kier alpha value is -0.870. The predicted octanol–water partition coefficient (Wildman–Crippen LogP) is 1.86. The monoisotopic (exact) mass is 232 g/mol. The fourth-order valence-corrected chi connectivity index (χ4v) is 2.20. The van der Waals surface area contributed by atoms with Gasteiger partial charge in [-0.2, -0.15) is 0 Å². The highest BCUT2D eigenvalue weighted by atomic mass is 35.5. The standard InChI is InChI=1S/C9H9ClO3S/c1-7(10)14(12,13)9-4-2-3-8(5-9)6-11/h2-7H,1H3. The van der Waals surface area contributed by atoms with Crippen molar-refractivity contribution in [2.24, 2.45) is 0 Å². The average molecular weight is 233 g/mol. The van der Waals surface area contributed by atoms with E-state index in [1.165, 1.54) is 31.2 Å². The van der Waals surface area contributed by atoms with Crippen molar-refractivity contribution in [1.82, 2.24) is 0 Å². The zero-order chi connectivity index (χ0) is 10.8. The first-order valence-electron chi connectivity index (χ1n) is 3.91. The molecular formula is C9H9ClO3S. The molecule has 3 nitrogen and oxygen atoms in total. The number of hydrogen-bond donors (Lipinski definition) is 0. The van der Waals surface area contributed by atoms with Crippen LogP contribution < -0.4 is 0 Å². The van der Waals surface area contributed by atoms with Crippen LogP contribution in [0.4, 0.5) is 0 Å². The van der Waals surface area contributed by atoms with E-state index < -0.39 is 14.5 Å². The molecule has 76 valence electrons. The van der Waals surface area contributed by atoms with Gasteiger partial charge in [0.25, 0.3) is 0 Å². The van der Waals surface area contributed by atoms with Gasteiger partial charge in [0.15, 0.2) is 9.84 Å². The molecule has 1 rings (SSSR count). The van der Waals surface area contributed by atoms with Gasteiger partial charge in [-0.1, -0.05) is 12.1 Å². The van der Waals surface area contributed by atoms with E-state index in [1.54, 1.807) is 0 Å². The summed E-state index contributed by atoms with van der Waals surface area (Å²) in [5.41, 5.74) is 0.323. The highest BCUT2D eigenvalue weighted by Crippen LogP contribution is 2.18. The number of halogens is 1. The number of carbonyl (C=O) groups excluding carboxylic acids is 1. The Kier molecular flexibility index (Phi) is 3.29. The second-order valence-electron chi connectivity index (χ2n) is 2.78. The van der Waals surface area contributed by atoms with E-state index in [0.717, 1.165) is 0 Å². The first-order valence-corrected chi connectivity index (χ1v) is 5.90. The molecule has 0 amide bonds. The normalized spacial score (nSPS) is 13.6. The molecule has 0 N–H and O–H groups in total. The minimum atomic E-state index is -3.50. The lowest BCUT2D eigenvalue weighted by Crippen LogP contribution is -2.11. The third-order valence-electron chi connectivity index (χ3n) is 1.75. The van der Waals surface area contributed by atoms with Gasteiger partial charge in [-0.15, -0.1) is 11.6 Å². The Labute approximate surface area is 87.6 Å². The van der Waals surface area contributed by atoms with Gasteiger partial charge < -0.3 is 0 Å². The maximum atomic E-state index is 11.6. The molecule has 0 bridgehead atoms. The molecule has 1 aromatic carbocycles. The summed E-state index contributed by atoms with van der Waals surface area (Å²) in [6.07, 6.45) is 0.595. The van der Waals surface area contributed by atoms with Gasteiger partial charge in [-0.25, -0.2) is 8.42 Å². The maximum absolute atomic E-state index is 11.6. The van der Waals surface area contributed by atoms with Crippen molar-refractivity contribution >= 4 is 27.7 Å². The Morgan fingerprint density at radius 2 is 2.07 bits per heavy atom. The van der Waals surface area contributed by atoms with E-state index in [-0.39, 0.29) is 4.90 Å². The second-order valence-corrected chi connectivity index (χ2v) is 5.96. The van der Waals surface area contributed by atoms with Crippen LogP contribution in [-0.2, 0) is 9.84 Å². The van der Waals surface area contributed by atoms with E-state index in [2.05, 4.69) is 0 Å². The molecule has 0 saturated heterocycles. The highest BCUT2D eigenvalue weighted by molar-refractivity contribution is 7.93. The summed E-state index contributed by atoms with van der Waals surface area (Å²) in [6, 6.07) is 5.77. The van der Waals surface area contributed by atoms with E-state index in [0.29, 0.717) is 11.8 Å². The zero-order valence-electron chi connectivity index (χ0n) is 7.48. The Balaban J connectivity index is 3.27. The smallest absolute Gasteiger partial charge is 0.194 e. The first-order chi connectivity index (χ1) is 6.48. The fraction of sp³-hybridized carbons (Fsp3) is 0.222. The SMILES string of the molecule is CC(Cl)S(=O)(=O)c1cccc(C=O)c1. The number of alkyl halides is 1. The van der Waals surface area contributed by atoms with Crippen LogP contribution in [0.25, 0.3) is 0 Å². The number of rotatable bonds is 3. The van der Waals surface area contributed by atoms with E-state index >= 15 is 0 Å². The Bertz CT molecular complexity index is 437. The van der Waals surface area contributed by atoms with Gasteiger partial charge in [-0.05, 0) is 19.1 Å². The number of aldehydes is 1. The molecular weight excluding hydrogens is 224 g/mol. The molecule has 0 aromatic heterocycles. The third-order valence-corrected chi connectivity index (χ3v) is 4.22. The number of carbonyl (C=O) groups is 1. The molecule has 0 aliphatic heterocycles. The molecule has 1 unspecified atom stereocenters. The minimum absolute atomic E-state index is 0.0737. The first kappa shape index (κ1) is 11.2. The quantitative estimate of drug-likeness (QED) is 0.591. The van der Waals surface area contributed by atoms with Crippen molar-refractivity contribution < 1.29 is 13.2 Å². The lowest BCUT2D eigenvalue weighted by molar-refractivity contribution is 0.112. The molecule has 0 saturated carbocycles. The Morgan fingerprint density at radius 3 is 2.57 bits per heavy atom. The van der Waals surface area contributed by atoms with Crippen LogP contribution in [0.5, 0.6) is 0 Å². The predicted molar refractivity (Wildman–Crippen MR) is 54.3 cm³/mol.